The topological polar surface area (TPSA) is 108 Å². The van der Waals surface area contributed by atoms with Gasteiger partial charge in [-0.1, -0.05) is 55.5 Å². The number of urea groups is 1. The standard InChI is InChI=1S/C29H33N3O5/c1-19-8-5-6-11-24(19)30-29(36)31-25-13-12-22(16-26(25)37-4)17-27(33)32(3)18-23-10-7-9-21(15-23)14-20(2)28(34)35/h5-13,15-16,20H,14,17-18H2,1-4H3,(H,34,35)(H2,30,31,36). The molecule has 8 nitrogen and oxygen atoms in total. The van der Waals surface area contributed by atoms with Crippen LogP contribution in [0.4, 0.5) is 16.2 Å². The maximum absolute atomic E-state index is 12.9. The lowest BCUT2D eigenvalue weighted by atomic mass is 9.99. The first-order chi connectivity index (χ1) is 17.7. The number of benzene rings is 3. The van der Waals surface area contributed by atoms with Gasteiger partial charge in [0.05, 0.1) is 25.1 Å². The van der Waals surface area contributed by atoms with E-state index in [2.05, 4.69) is 10.6 Å². The molecule has 0 aromatic heterocycles. The van der Waals surface area contributed by atoms with E-state index in [-0.39, 0.29) is 12.3 Å². The van der Waals surface area contributed by atoms with Gasteiger partial charge in [0.1, 0.15) is 5.75 Å². The molecule has 3 amide bonds. The first-order valence-corrected chi connectivity index (χ1v) is 12.0. The maximum Gasteiger partial charge on any atom is 0.323 e. The quantitative estimate of drug-likeness (QED) is 0.356. The summed E-state index contributed by atoms with van der Waals surface area (Å²) >= 11 is 0. The van der Waals surface area contributed by atoms with Gasteiger partial charge in [-0.3, -0.25) is 9.59 Å². The largest absolute Gasteiger partial charge is 0.495 e. The van der Waals surface area contributed by atoms with Crippen molar-refractivity contribution in [2.24, 2.45) is 5.92 Å². The Bertz CT molecular complexity index is 1270. The Hall–Kier alpha value is -4.33. The van der Waals surface area contributed by atoms with E-state index in [9.17, 15) is 14.4 Å². The van der Waals surface area contributed by atoms with Crippen LogP contribution in [0.3, 0.4) is 0 Å². The third-order valence-corrected chi connectivity index (χ3v) is 6.06. The zero-order chi connectivity index (χ0) is 26.9. The molecule has 0 bridgehead atoms. The summed E-state index contributed by atoms with van der Waals surface area (Å²) in [5.41, 5.74) is 4.76. The van der Waals surface area contributed by atoms with Crippen LogP contribution in [0.2, 0.25) is 0 Å². The average molecular weight is 504 g/mol. The van der Waals surface area contributed by atoms with E-state index < -0.39 is 17.9 Å². The molecule has 1 atom stereocenters. The zero-order valence-electron chi connectivity index (χ0n) is 21.6. The van der Waals surface area contributed by atoms with E-state index in [0.29, 0.717) is 30.1 Å². The second-order valence-electron chi connectivity index (χ2n) is 9.12. The highest BCUT2D eigenvalue weighted by atomic mass is 16.5. The third kappa shape index (κ3) is 7.83. The summed E-state index contributed by atoms with van der Waals surface area (Å²) in [6.07, 6.45) is 0.599. The van der Waals surface area contributed by atoms with Gasteiger partial charge < -0.3 is 25.4 Å². The number of anilines is 2. The van der Waals surface area contributed by atoms with Crippen LogP contribution in [0.5, 0.6) is 5.75 Å². The summed E-state index contributed by atoms with van der Waals surface area (Å²) in [5, 5.41) is 14.8. The molecule has 0 aliphatic heterocycles. The summed E-state index contributed by atoms with van der Waals surface area (Å²) in [7, 11) is 3.24. The SMILES string of the molecule is COc1cc(CC(=O)N(C)Cc2cccc(CC(C)C(=O)O)c2)ccc1NC(=O)Nc1ccccc1C. The number of carbonyl (C=O) groups excluding carboxylic acids is 2. The number of methoxy groups -OCH3 is 1. The van der Waals surface area contributed by atoms with Crippen LogP contribution in [-0.2, 0) is 29.0 Å². The highest BCUT2D eigenvalue weighted by molar-refractivity contribution is 6.01. The van der Waals surface area contributed by atoms with Crippen LogP contribution in [0.15, 0.2) is 66.7 Å². The molecule has 0 fully saturated rings. The zero-order valence-corrected chi connectivity index (χ0v) is 21.6. The summed E-state index contributed by atoms with van der Waals surface area (Å²) < 4.78 is 5.45. The number of aliphatic carboxylic acids is 1. The van der Waals surface area contributed by atoms with Gasteiger partial charge in [-0.2, -0.15) is 0 Å². The van der Waals surface area contributed by atoms with Gasteiger partial charge in [-0.25, -0.2) is 4.79 Å². The molecular formula is C29H33N3O5. The van der Waals surface area contributed by atoms with Crippen LogP contribution in [0.25, 0.3) is 0 Å². The molecule has 3 aromatic carbocycles. The molecule has 0 saturated carbocycles. The average Bonchev–Trinajstić information content (AvgIpc) is 2.86. The van der Waals surface area contributed by atoms with Crippen molar-refractivity contribution in [3.05, 3.63) is 89.0 Å². The second-order valence-corrected chi connectivity index (χ2v) is 9.12. The number of hydrogen-bond acceptors (Lipinski definition) is 4. The summed E-state index contributed by atoms with van der Waals surface area (Å²) in [6, 6.07) is 20.0. The van der Waals surface area contributed by atoms with Crippen molar-refractivity contribution in [2.45, 2.75) is 33.2 Å². The molecule has 3 rings (SSSR count). The van der Waals surface area contributed by atoms with Gasteiger partial charge in [0.15, 0.2) is 0 Å². The second kappa shape index (κ2) is 12.6. The number of amides is 3. The van der Waals surface area contributed by atoms with Crippen molar-refractivity contribution in [3.8, 4) is 5.75 Å². The Morgan fingerprint density at radius 1 is 0.919 bits per heavy atom. The van der Waals surface area contributed by atoms with Crippen molar-refractivity contribution in [1.29, 1.82) is 0 Å². The highest BCUT2D eigenvalue weighted by Gasteiger charge is 2.15. The lowest BCUT2D eigenvalue weighted by molar-refractivity contribution is -0.141. The van der Waals surface area contributed by atoms with E-state index in [4.69, 9.17) is 9.84 Å². The molecule has 0 heterocycles. The van der Waals surface area contributed by atoms with E-state index in [1.165, 1.54) is 7.11 Å². The van der Waals surface area contributed by atoms with Crippen LogP contribution in [0.1, 0.15) is 29.2 Å². The molecule has 194 valence electrons. The third-order valence-electron chi connectivity index (χ3n) is 6.06. The number of carbonyl (C=O) groups is 3. The fourth-order valence-corrected chi connectivity index (χ4v) is 3.91. The van der Waals surface area contributed by atoms with Gasteiger partial charge in [0, 0.05) is 19.3 Å². The molecule has 0 radical (unpaired) electrons. The smallest absolute Gasteiger partial charge is 0.323 e. The summed E-state index contributed by atoms with van der Waals surface area (Å²) in [4.78, 5) is 38.2. The number of likely N-dealkylation sites (N-methyl/N-ethyl adjacent to an activating group) is 1. The summed E-state index contributed by atoms with van der Waals surface area (Å²) in [5.74, 6) is -0.936. The first kappa shape index (κ1) is 27.3. The van der Waals surface area contributed by atoms with E-state index in [1.807, 2.05) is 55.5 Å². The fraction of sp³-hybridized carbons (Fsp3) is 0.276. The van der Waals surface area contributed by atoms with Crippen LogP contribution in [0, 0.1) is 12.8 Å². The van der Waals surface area contributed by atoms with Crippen molar-refractivity contribution < 1.29 is 24.2 Å². The molecule has 0 aliphatic rings. The number of para-hydroxylation sites is 1. The van der Waals surface area contributed by atoms with Gasteiger partial charge in [-0.05, 0) is 53.8 Å². The number of ether oxygens (including phenoxy) is 1. The predicted molar refractivity (Wildman–Crippen MR) is 144 cm³/mol. The molecule has 0 aliphatic carbocycles. The number of rotatable bonds is 10. The number of hydrogen-bond donors (Lipinski definition) is 3. The van der Waals surface area contributed by atoms with E-state index in [0.717, 1.165) is 22.3 Å². The Morgan fingerprint density at radius 2 is 1.62 bits per heavy atom. The van der Waals surface area contributed by atoms with Crippen molar-refractivity contribution in [1.82, 2.24) is 4.90 Å². The lowest BCUT2D eigenvalue weighted by Gasteiger charge is -2.19. The lowest BCUT2D eigenvalue weighted by Crippen LogP contribution is -2.27. The van der Waals surface area contributed by atoms with Crippen molar-refractivity contribution >= 4 is 29.3 Å². The van der Waals surface area contributed by atoms with Gasteiger partial charge >= 0.3 is 12.0 Å². The molecule has 0 spiro atoms. The van der Waals surface area contributed by atoms with Crippen LogP contribution < -0.4 is 15.4 Å². The van der Waals surface area contributed by atoms with Crippen LogP contribution >= 0.6 is 0 Å². The summed E-state index contributed by atoms with van der Waals surface area (Å²) in [6.45, 7) is 4.00. The monoisotopic (exact) mass is 503 g/mol. The number of carboxylic acids is 1. The van der Waals surface area contributed by atoms with Crippen molar-refractivity contribution in [2.75, 3.05) is 24.8 Å². The number of nitrogens with one attached hydrogen (secondary N) is 2. The van der Waals surface area contributed by atoms with Gasteiger partial charge in [0.25, 0.3) is 0 Å². The molecular weight excluding hydrogens is 470 g/mol. The van der Waals surface area contributed by atoms with E-state index >= 15 is 0 Å². The Kier molecular flexibility index (Phi) is 9.27. The first-order valence-electron chi connectivity index (χ1n) is 12.0. The molecule has 8 heteroatoms. The van der Waals surface area contributed by atoms with Crippen LogP contribution in [-0.4, -0.2) is 42.1 Å². The molecule has 3 N–H and O–H groups in total. The Morgan fingerprint density at radius 3 is 2.32 bits per heavy atom. The Labute approximate surface area is 217 Å². The fourth-order valence-electron chi connectivity index (χ4n) is 3.91. The molecule has 1 unspecified atom stereocenters. The predicted octanol–water partition coefficient (Wildman–Crippen LogP) is 5.11. The van der Waals surface area contributed by atoms with Gasteiger partial charge in [-0.15, -0.1) is 0 Å². The molecule has 0 saturated heterocycles. The molecule has 37 heavy (non-hydrogen) atoms. The highest BCUT2D eigenvalue weighted by Crippen LogP contribution is 2.26. The minimum absolute atomic E-state index is 0.0793. The minimum Gasteiger partial charge on any atom is -0.495 e. The number of nitrogens with zero attached hydrogens (tertiary/aromatic N) is 1. The minimum atomic E-state index is -0.832. The van der Waals surface area contributed by atoms with Gasteiger partial charge in [0.2, 0.25) is 5.91 Å². The number of carboxylic acid groups (broad SMARTS) is 1. The maximum atomic E-state index is 12.9. The molecule has 3 aromatic rings. The number of aryl methyl sites for hydroxylation is 1. The van der Waals surface area contributed by atoms with E-state index in [1.54, 1.807) is 37.1 Å². The Balaban J connectivity index is 1.61. The van der Waals surface area contributed by atoms with Crippen molar-refractivity contribution in [3.63, 3.8) is 0 Å². The normalized spacial score (nSPS) is 11.4.